The van der Waals surface area contributed by atoms with Crippen LogP contribution >= 0.6 is 0 Å². The predicted molar refractivity (Wildman–Crippen MR) is 45.2 cm³/mol. The molecule has 1 rings (SSSR count). The van der Waals surface area contributed by atoms with Crippen LogP contribution in [0.4, 0.5) is 0 Å². The van der Waals surface area contributed by atoms with Gasteiger partial charge >= 0.3 is 0 Å². The molecule has 0 amide bonds. The average Bonchev–Trinajstić information content (AvgIpc) is 2.04. The fraction of sp³-hybridized carbons (Fsp3) is 0.889. The summed E-state index contributed by atoms with van der Waals surface area (Å²) in [5.41, 5.74) is 0. The van der Waals surface area contributed by atoms with Crippen LogP contribution in [0.1, 0.15) is 19.8 Å². The van der Waals surface area contributed by atoms with E-state index in [1.54, 1.807) is 0 Å². The normalized spacial score (nSPS) is 31.2. The SMILES string of the molecule is C[C@H](O[C@H]1CCC[NH+](C)C1)C(=O)[O-]. The van der Waals surface area contributed by atoms with E-state index in [0.29, 0.717) is 0 Å². The standard InChI is InChI=1S/C9H17NO3/c1-7(9(11)12)13-8-4-3-5-10(2)6-8/h7-8H,3-6H2,1-2H3,(H,11,12)/t7-,8-/m0/s1. The van der Waals surface area contributed by atoms with E-state index < -0.39 is 12.1 Å². The van der Waals surface area contributed by atoms with Gasteiger partial charge in [0.2, 0.25) is 0 Å². The summed E-state index contributed by atoms with van der Waals surface area (Å²) in [5.74, 6) is -1.12. The number of ether oxygens (including phenoxy) is 1. The fourth-order valence-electron chi connectivity index (χ4n) is 1.68. The predicted octanol–water partition coefficient (Wildman–Crippen LogP) is -2.18. The molecule has 4 heteroatoms. The van der Waals surface area contributed by atoms with E-state index in [0.717, 1.165) is 25.9 Å². The van der Waals surface area contributed by atoms with Crippen molar-refractivity contribution in [1.29, 1.82) is 0 Å². The van der Waals surface area contributed by atoms with Gasteiger partial charge in [-0.05, 0) is 19.8 Å². The average molecular weight is 187 g/mol. The number of hydrogen-bond acceptors (Lipinski definition) is 3. The van der Waals surface area contributed by atoms with Crippen molar-refractivity contribution in [3.05, 3.63) is 0 Å². The summed E-state index contributed by atoms with van der Waals surface area (Å²) in [7, 11) is 2.10. The molecule has 13 heavy (non-hydrogen) atoms. The molecule has 1 N–H and O–H groups in total. The minimum Gasteiger partial charge on any atom is -0.547 e. The van der Waals surface area contributed by atoms with E-state index in [9.17, 15) is 9.90 Å². The van der Waals surface area contributed by atoms with Crippen LogP contribution in [0.15, 0.2) is 0 Å². The molecule has 76 valence electrons. The highest BCUT2D eigenvalue weighted by Crippen LogP contribution is 2.05. The molecule has 1 heterocycles. The van der Waals surface area contributed by atoms with Gasteiger partial charge in [-0.1, -0.05) is 0 Å². The molecule has 0 saturated carbocycles. The Morgan fingerprint density at radius 2 is 2.38 bits per heavy atom. The maximum atomic E-state index is 10.4. The Labute approximate surface area is 78.5 Å². The second kappa shape index (κ2) is 4.58. The van der Waals surface area contributed by atoms with Crippen LogP contribution < -0.4 is 10.0 Å². The number of likely N-dealkylation sites (N-methyl/N-ethyl adjacent to an activating group) is 1. The van der Waals surface area contributed by atoms with Crippen LogP contribution in [-0.4, -0.2) is 38.3 Å². The number of carboxylic acid groups (broad SMARTS) is 1. The van der Waals surface area contributed by atoms with E-state index in [1.165, 1.54) is 11.8 Å². The number of piperidine rings is 1. The molecule has 1 aliphatic rings. The Morgan fingerprint density at radius 3 is 2.92 bits per heavy atom. The molecule has 0 radical (unpaired) electrons. The van der Waals surface area contributed by atoms with Crippen molar-refractivity contribution in [2.45, 2.75) is 32.0 Å². The molecule has 3 atom stereocenters. The van der Waals surface area contributed by atoms with E-state index in [4.69, 9.17) is 4.74 Å². The molecule has 1 aliphatic heterocycles. The van der Waals surface area contributed by atoms with Gasteiger partial charge in [0.1, 0.15) is 12.6 Å². The number of carbonyl (C=O) groups is 1. The zero-order valence-electron chi connectivity index (χ0n) is 8.21. The lowest BCUT2D eigenvalue weighted by Gasteiger charge is -2.29. The van der Waals surface area contributed by atoms with Crippen molar-refractivity contribution in [1.82, 2.24) is 0 Å². The summed E-state index contributed by atoms with van der Waals surface area (Å²) in [5, 5.41) is 10.4. The van der Waals surface area contributed by atoms with Gasteiger partial charge in [-0.3, -0.25) is 0 Å². The first-order valence-corrected chi connectivity index (χ1v) is 4.77. The lowest BCUT2D eigenvalue weighted by molar-refractivity contribution is -0.888. The Kier molecular flexibility index (Phi) is 3.69. The Bertz CT molecular complexity index is 184. The van der Waals surface area contributed by atoms with Crippen LogP contribution in [0, 0.1) is 0 Å². The lowest BCUT2D eigenvalue weighted by atomic mass is 10.1. The smallest absolute Gasteiger partial charge is 0.107 e. The molecule has 0 aromatic heterocycles. The van der Waals surface area contributed by atoms with Crippen molar-refractivity contribution in [3.8, 4) is 0 Å². The summed E-state index contributed by atoms with van der Waals surface area (Å²) >= 11 is 0. The largest absolute Gasteiger partial charge is 0.547 e. The third-order valence-electron chi connectivity index (χ3n) is 2.43. The monoisotopic (exact) mass is 187 g/mol. The van der Waals surface area contributed by atoms with Gasteiger partial charge in [-0.15, -0.1) is 0 Å². The van der Waals surface area contributed by atoms with Crippen LogP contribution in [0.5, 0.6) is 0 Å². The topological polar surface area (TPSA) is 53.8 Å². The van der Waals surface area contributed by atoms with E-state index in [-0.39, 0.29) is 6.10 Å². The molecule has 0 aromatic rings. The number of rotatable bonds is 3. The van der Waals surface area contributed by atoms with Gasteiger partial charge in [-0.25, -0.2) is 0 Å². The molecular weight excluding hydrogens is 170 g/mol. The van der Waals surface area contributed by atoms with Crippen LogP contribution in [0.2, 0.25) is 0 Å². The van der Waals surface area contributed by atoms with E-state index in [1.807, 2.05) is 0 Å². The summed E-state index contributed by atoms with van der Waals surface area (Å²) in [6.07, 6.45) is 1.38. The third kappa shape index (κ3) is 3.32. The number of aliphatic carboxylic acids is 1. The summed E-state index contributed by atoms with van der Waals surface area (Å²) in [6, 6.07) is 0. The molecular formula is C9H17NO3. The minimum absolute atomic E-state index is 0.0849. The van der Waals surface area contributed by atoms with Gasteiger partial charge in [0.15, 0.2) is 0 Å². The molecule has 0 aromatic carbocycles. The quantitative estimate of drug-likeness (QED) is 0.546. The second-order valence-corrected chi connectivity index (χ2v) is 3.77. The molecule has 4 nitrogen and oxygen atoms in total. The number of carboxylic acids is 1. The van der Waals surface area contributed by atoms with Crippen LogP contribution in [0.3, 0.4) is 0 Å². The molecule has 1 fully saturated rings. The van der Waals surface area contributed by atoms with Crippen LogP contribution in [0.25, 0.3) is 0 Å². The van der Waals surface area contributed by atoms with Crippen LogP contribution in [-0.2, 0) is 9.53 Å². The molecule has 0 aliphatic carbocycles. The maximum absolute atomic E-state index is 10.4. The summed E-state index contributed by atoms with van der Waals surface area (Å²) < 4.78 is 5.34. The van der Waals surface area contributed by atoms with Crippen molar-refractivity contribution in [2.24, 2.45) is 0 Å². The Hall–Kier alpha value is -0.610. The van der Waals surface area contributed by atoms with E-state index >= 15 is 0 Å². The van der Waals surface area contributed by atoms with Gasteiger partial charge in [-0.2, -0.15) is 0 Å². The van der Waals surface area contributed by atoms with Crippen molar-refractivity contribution < 1.29 is 19.5 Å². The van der Waals surface area contributed by atoms with Gasteiger partial charge < -0.3 is 19.5 Å². The van der Waals surface area contributed by atoms with Crippen molar-refractivity contribution in [2.75, 3.05) is 20.1 Å². The first-order chi connectivity index (χ1) is 6.09. The van der Waals surface area contributed by atoms with Gasteiger partial charge in [0.05, 0.1) is 25.7 Å². The molecule has 1 unspecified atom stereocenters. The maximum Gasteiger partial charge on any atom is 0.107 e. The Balaban J connectivity index is 2.31. The number of carbonyl (C=O) groups excluding carboxylic acids is 1. The first-order valence-electron chi connectivity index (χ1n) is 4.77. The highest BCUT2D eigenvalue weighted by atomic mass is 16.5. The minimum atomic E-state index is -1.12. The number of quaternary nitrogens is 1. The van der Waals surface area contributed by atoms with Crippen molar-refractivity contribution in [3.63, 3.8) is 0 Å². The lowest BCUT2D eigenvalue weighted by Crippen LogP contribution is -3.11. The zero-order chi connectivity index (χ0) is 9.84. The number of nitrogens with one attached hydrogen (secondary N) is 1. The molecule has 0 spiro atoms. The number of hydrogen-bond donors (Lipinski definition) is 1. The first kappa shape index (κ1) is 10.5. The highest BCUT2D eigenvalue weighted by Gasteiger charge is 2.22. The van der Waals surface area contributed by atoms with Crippen molar-refractivity contribution >= 4 is 5.97 Å². The summed E-state index contributed by atoms with van der Waals surface area (Å²) in [6.45, 7) is 3.58. The number of likely N-dealkylation sites (tertiary alicyclic amines) is 1. The van der Waals surface area contributed by atoms with E-state index in [2.05, 4.69) is 7.05 Å². The second-order valence-electron chi connectivity index (χ2n) is 3.77. The molecule has 0 bridgehead atoms. The highest BCUT2D eigenvalue weighted by molar-refractivity contribution is 5.69. The molecule has 1 saturated heterocycles. The zero-order valence-corrected chi connectivity index (χ0v) is 8.21. The van der Waals surface area contributed by atoms with Gasteiger partial charge in [0.25, 0.3) is 0 Å². The van der Waals surface area contributed by atoms with Gasteiger partial charge in [0, 0.05) is 0 Å². The Morgan fingerprint density at radius 1 is 1.69 bits per heavy atom. The third-order valence-corrected chi connectivity index (χ3v) is 2.43. The summed E-state index contributed by atoms with van der Waals surface area (Å²) in [4.78, 5) is 11.8. The fourth-order valence-corrected chi connectivity index (χ4v) is 1.68.